The van der Waals surface area contributed by atoms with E-state index in [2.05, 4.69) is 49.3 Å². The van der Waals surface area contributed by atoms with Gasteiger partial charge >= 0.3 is 0 Å². The first-order chi connectivity index (χ1) is 14.4. The molecule has 1 amide bonds. The van der Waals surface area contributed by atoms with Gasteiger partial charge in [0.05, 0.1) is 24.6 Å². The van der Waals surface area contributed by atoms with Gasteiger partial charge in [0.15, 0.2) is 6.23 Å². The number of rotatable bonds is 6. The van der Waals surface area contributed by atoms with Crippen LogP contribution in [0.5, 0.6) is 0 Å². The lowest BCUT2D eigenvalue weighted by Crippen LogP contribution is -2.55. The maximum Gasteiger partial charge on any atom is 0.228 e. The third-order valence-electron chi connectivity index (χ3n) is 7.08. The summed E-state index contributed by atoms with van der Waals surface area (Å²) in [5.41, 5.74) is 0. The van der Waals surface area contributed by atoms with Gasteiger partial charge in [0.25, 0.3) is 0 Å². The predicted molar refractivity (Wildman–Crippen MR) is 117 cm³/mol. The molecule has 30 heavy (non-hydrogen) atoms. The van der Waals surface area contributed by atoms with Crippen molar-refractivity contribution in [3.8, 4) is 0 Å². The van der Waals surface area contributed by atoms with Crippen molar-refractivity contribution in [2.45, 2.75) is 77.1 Å². The first kappa shape index (κ1) is 21.7. The van der Waals surface area contributed by atoms with Crippen LogP contribution in [0, 0.1) is 17.8 Å². The Morgan fingerprint density at radius 2 is 2.03 bits per heavy atom. The Bertz CT molecular complexity index is 684. The van der Waals surface area contributed by atoms with Crippen LogP contribution < -0.4 is 5.32 Å². The van der Waals surface area contributed by atoms with Crippen molar-refractivity contribution in [1.29, 1.82) is 0 Å². The molecule has 8 atom stereocenters. The minimum atomic E-state index is -0.232. The SMILES string of the molecule is CCN1CC(N2CC3NC(C4C=NC(OC)C(OC(C)C)C4)CC(C)C3C2=O)C=N1. The van der Waals surface area contributed by atoms with E-state index in [-0.39, 0.29) is 48.3 Å². The number of ether oxygens (including phenoxy) is 2. The van der Waals surface area contributed by atoms with E-state index < -0.39 is 0 Å². The van der Waals surface area contributed by atoms with Gasteiger partial charge in [-0.3, -0.25) is 14.8 Å². The zero-order valence-electron chi connectivity index (χ0n) is 18.9. The molecule has 8 heteroatoms. The number of hydrogen-bond donors (Lipinski definition) is 1. The maximum atomic E-state index is 13.2. The summed E-state index contributed by atoms with van der Waals surface area (Å²) in [5.74, 6) is 0.972. The lowest BCUT2D eigenvalue weighted by Gasteiger charge is -2.41. The lowest BCUT2D eigenvalue weighted by atomic mass is 9.75. The topological polar surface area (TPSA) is 78.8 Å². The van der Waals surface area contributed by atoms with Gasteiger partial charge in [-0.05, 0) is 39.5 Å². The fourth-order valence-electron chi connectivity index (χ4n) is 5.62. The third kappa shape index (κ3) is 4.14. The number of likely N-dealkylation sites (tertiary alicyclic amines) is 1. The molecule has 0 aromatic heterocycles. The highest BCUT2D eigenvalue weighted by molar-refractivity contribution is 5.86. The molecule has 0 aromatic rings. The van der Waals surface area contributed by atoms with E-state index in [9.17, 15) is 4.79 Å². The Labute approximate surface area is 180 Å². The second kappa shape index (κ2) is 8.93. The fourth-order valence-corrected chi connectivity index (χ4v) is 5.62. The molecule has 0 spiro atoms. The largest absolute Gasteiger partial charge is 0.371 e. The van der Waals surface area contributed by atoms with Crippen LogP contribution in [-0.4, -0.2) is 91.6 Å². The highest BCUT2D eigenvalue weighted by atomic mass is 16.5. The molecule has 0 aromatic carbocycles. The fraction of sp³-hybridized carbons (Fsp3) is 0.864. The van der Waals surface area contributed by atoms with Crippen molar-refractivity contribution in [3.63, 3.8) is 0 Å². The van der Waals surface area contributed by atoms with Gasteiger partial charge in [-0.15, -0.1) is 0 Å². The van der Waals surface area contributed by atoms with Crippen LogP contribution >= 0.6 is 0 Å². The van der Waals surface area contributed by atoms with Crippen LogP contribution in [0.2, 0.25) is 0 Å². The first-order valence-electron chi connectivity index (χ1n) is 11.5. The molecule has 168 valence electrons. The monoisotopic (exact) mass is 419 g/mol. The summed E-state index contributed by atoms with van der Waals surface area (Å²) in [6.45, 7) is 10.9. The van der Waals surface area contributed by atoms with Gasteiger partial charge in [0, 0.05) is 50.6 Å². The van der Waals surface area contributed by atoms with Crippen LogP contribution in [-0.2, 0) is 14.3 Å². The van der Waals surface area contributed by atoms with E-state index in [1.807, 2.05) is 16.1 Å². The summed E-state index contributed by atoms with van der Waals surface area (Å²) < 4.78 is 11.6. The first-order valence-corrected chi connectivity index (χ1v) is 11.5. The molecule has 1 N–H and O–H groups in total. The number of fused-ring (bicyclic) bond motifs is 1. The van der Waals surface area contributed by atoms with E-state index in [1.165, 1.54) is 0 Å². The number of hydrogen-bond acceptors (Lipinski definition) is 7. The zero-order chi connectivity index (χ0) is 21.4. The molecule has 4 aliphatic rings. The second-order valence-corrected chi connectivity index (χ2v) is 9.49. The number of nitrogens with zero attached hydrogens (tertiary/aromatic N) is 4. The lowest BCUT2D eigenvalue weighted by molar-refractivity contribution is -0.133. The number of piperidine rings is 1. The molecule has 0 bridgehead atoms. The summed E-state index contributed by atoms with van der Waals surface area (Å²) >= 11 is 0. The number of carbonyl (C=O) groups is 1. The number of aliphatic imine (C=N–C) groups is 1. The molecule has 8 unspecified atom stereocenters. The van der Waals surface area contributed by atoms with Crippen LogP contribution in [0.15, 0.2) is 10.1 Å². The Balaban J connectivity index is 1.43. The standard InChI is InChI=1S/C22H37N5O3/c1-6-26-11-16(10-24-26)27-12-18-20(22(27)28)14(4)7-17(25-18)15-8-19(30-13(2)3)21(29-5)23-9-15/h9-10,13-21,25H,6-8,11-12H2,1-5H3. The molecule has 4 heterocycles. The van der Waals surface area contributed by atoms with Gasteiger partial charge in [-0.2, -0.15) is 5.10 Å². The Morgan fingerprint density at radius 1 is 1.23 bits per heavy atom. The van der Waals surface area contributed by atoms with E-state index in [1.54, 1.807) is 7.11 Å². The van der Waals surface area contributed by atoms with Crippen LogP contribution in [0.4, 0.5) is 0 Å². The number of likely N-dealkylation sites (N-methyl/N-ethyl adjacent to an activating group) is 1. The van der Waals surface area contributed by atoms with Gasteiger partial charge in [0.2, 0.25) is 5.91 Å². The molecule has 4 rings (SSSR count). The number of methoxy groups -OCH3 is 1. The minimum absolute atomic E-state index is 0.0312. The summed E-state index contributed by atoms with van der Waals surface area (Å²) in [4.78, 5) is 19.9. The molecular formula is C22H37N5O3. The summed E-state index contributed by atoms with van der Waals surface area (Å²) in [7, 11) is 1.69. The number of carbonyl (C=O) groups excluding carboxylic acids is 1. The smallest absolute Gasteiger partial charge is 0.228 e. The van der Waals surface area contributed by atoms with E-state index in [4.69, 9.17) is 9.47 Å². The van der Waals surface area contributed by atoms with E-state index in [0.29, 0.717) is 12.0 Å². The van der Waals surface area contributed by atoms with E-state index in [0.717, 1.165) is 32.5 Å². The van der Waals surface area contributed by atoms with Crippen molar-refractivity contribution >= 4 is 18.3 Å². The molecular weight excluding hydrogens is 382 g/mol. The average molecular weight is 420 g/mol. The minimum Gasteiger partial charge on any atom is -0.371 e. The van der Waals surface area contributed by atoms with Crippen molar-refractivity contribution in [1.82, 2.24) is 15.2 Å². The Kier molecular flexibility index (Phi) is 6.46. The van der Waals surface area contributed by atoms with Gasteiger partial charge < -0.3 is 19.7 Å². The van der Waals surface area contributed by atoms with Gasteiger partial charge in [-0.25, -0.2) is 0 Å². The highest BCUT2D eigenvalue weighted by Gasteiger charge is 2.50. The molecule has 8 nitrogen and oxygen atoms in total. The zero-order valence-corrected chi connectivity index (χ0v) is 18.9. The Hall–Kier alpha value is -1.51. The molecule has 0 saturated carbocycles. The van der Waals surface area contributed by atoms with Crippen molar-refractivity contribution in [2.75, 3.05) is 26.7 Å². The molecule has 0 aliphatic carbocycles. The summed E-state index contributed by atoms with van der Waals surface area (Å²) in [6.07, 6.45) is 5.73. The van der Waals surface area contributed by atoms with Crippen LogP contribution in [0.3, 0.4) is 0 Å². The van der Waals surface area contributed by atoms with Crippen molar-refractivity contribution in [2.24, 2.45) is 27.8 Å². The second-order valence-electron chi connectivity index (χ2n) is 9.49. The van der Waals surface area contributed by atoms with Gasteiger partial charge in [0.1, 0.15) is 6.10 Å². The average Bonchev–Trinajstić information content (AvgIpc) is 3.32. The molecule has 2 fully saturated rings. The molecule has 4 aliphatic heterocycles. The number of nitrogens with one attached hydrogen (secondary N) is 1. The quantitative estimate of drug-likeness (QED) is 0.703. The van der Waals surface area contributed by atoms with Crippen molar-refractivity contribution < 1.29 is 14.3 Å². The number of hydrazone groups is 1. The van der Waals surface area contributed by atoms with Gasteiger partial charge in [-0.1, -0.05) is 6.92 Å². The predicted octanol–water partition coefficient (Wildman–Crippen LogP) is 1.36. The highest BCUT2D eigenvalue weighted by Crippen LogP contribution is 2.37. The van der Waals surface area contributed by atoms with Crippen molar-refractivity contribution in [3.05, 3.63) is 0 Å². The third-order valence-corrected chi connectivity index (χ3v) is 7.08. The normalized spacial score (nSPS) is 41.2. The summed E-state index contributed by atoms with van der Waals surface area (Å²) in [5, 5.41) is 10.3. The maximum absolute atomic E-state index is 13.2. The summed E-state index contributed by atoms with van der Waals surface area (Å²) in [6, 6.07) is 0.588. The molecule has 2 saturated heterocycles. The number of amides is 1. The Morgan fingerprint density at radius 3 is 2.70 bits per heavy atom. The molecule has 0 radical (unpaired) electrons. The van der Waals surface area contributed by atoms with Crippen LogP contribution in [0.1, 0.15) is 40.5 Å². The van der Waals surface area contributed by atoms with Crippen LogP contribution in [0.25, 0.3) is 0 Å². The van der Waals surface area contributed by atoms with E-state index >= 15 is 0 Å².